The molecule has 7 nitrogen and oxygen atoms in total. The summed E-state index contributed by atoms with van der Waals surface area (Å²) in [5.41, 5.74) is -1.55. The van der Waals surface area contributed by atoms with Crippen LogP contribution in [0.15, 0.2) is 66.7 Å². The molecule has 4 rings (SSSR count). The van der Waals surface area contributed by atoms with Gasteiger partial charge in [-0.05, 0) is 84.5 Å². The summed E-state index contributed by atoms with van der Waals surface area (Å²) >= 11 is 0. The molecule has 1 heterocycles. The number of methoxy groups -OCH3 is 2. The van der Waals surface area contributed by atoms with E-state index in [9.17, 15) is 26.4 Å². The van der Waals surface area contributed by atoms with Gasteiger partial charge in [0, 0.05) is 18.3 Å². The van der Waals surface area contributed by atoms with Crippen LogP contribution in [-0.4, -0.2) is 40.7 Å². The number of nitrogens with zero attached hydrogens (tertiary/aromatic N) is 1. The highest BCUT2D eigenvalue weighted by atomic mass is 32.2. The van der Waals surface area contributed by atoms with Crippen molar-refractivity contribution >= 4 is 27.9 Å². The molecule has 3 aromatic rings. The predicted molar refractivity (Wildman–Crippen MR) is 145 cm³/mol. The van der Waals surface area contributed by atoms with E-state index in [1.54, 1.807) is 25.3 Å². The predicted octanol–water partition coefficient (Wildman–Crippen LogP) is 5.74. The lowest BCUT2D eigenvalue weighted by atomic mass is 9.76. The number of alkyl halides is 3. The number of carbonyl (C=O) groups excluding carboxylic acids is 1. The monoisotopic (exact) mass is 575 g/mol. The van der Waals surface area contributed by atoms with Crippen molar-refractivity contribution in [3.63, 3.8) is 0 Å². The van der Waals surface area contributed by atoms with Crippen LogP contribution in [0.1, 0.15) is 34.7 Å². The lowest BCUT2D eigenvalue weighted by Crippen LogP contribution is -2.49. The van der Waals surface area contributed by atoms with Crippen molar-refractivity contribution in [2.75, 3.05) is 25.7 Å². The quantitative estimate of drug-likeness (QED) is 0.154. The van der Waals surface area contributed by atoms with E-state index >= 15 is 0 Å². The minimum absolute atomic E-state index is 0.233. The van der Waals surface area contributed by atoms with E-state index in [-0.39, 0.29) is 5.56 Å². The first-order chi connectivity index (χ1) is 18.8. The van der Waals surface area contributed by atoms with Gasteiger partial charge in [-0.25, -0.2) is 4.79 Å². The summed E-state index contributed by atoms with van der Waals surface area (Å²) < 4.78 is 76.3. The Kier molecular flexibility index (Phi) is 7.89. The Bertz CT molecular complexity index is 1550. The average Bonchev–Trinajstić information content (AvgIpc) is 2.92. The molecule has 1 unspecified atom stereocenters. The van der Waals surface area contributed by atoms with Crippen LogP contribution in [0.25, 0.3) is 6.08 Å². The van der Waals surface area contributed by atoms with Gasteiger partial charge in [0.1, 0.15) is 11.5 Å². The van der Waals surface area contributed by atoms with Crippen LogP contribution in [0.2, 0.25) is 0 Å². The number of hydrogen-bond donors (Lipinski definition) is 0. The average molecular weight is 576 g/mol. The maximum atomic E-state index is 12.9. The minimum Gasteiger partial charge on any atom is -0.497 e. The molecule has 0 amide bonds. The zero-order chi connectivity index (χ0) is 29.3. The fraction of sp³-hybridized carbons (Fsp3) is 0.276. The molecule has 1 aliphatic heterocycles. The largest absolute Gasteiger partial charge is 0.534 e. The van der Waals surface area contributed by atoms with Crippen LogP contribution in [0.4, 0.5) is 18.9 Å². The van der Waals surface area contributed by atoms with E-state index < -0.39 is 32.9 Å². The molecule has 0 aromatic heterocycles. The standard InChI is InChI=1S/C29H28F3NO6S/c1-19-17-23(10-13-26(19)39-40(35,36)29(30,31)32)33-16-15-21-18-24(37-3)11-12-25(21)28(33,2)22-8-5-20(6-9-22)7-14-27(34)38-4/h5-14,17-18H,15-16H2,1-4H3. The van der Waals surface area contributed by atoms with E-state index in [4.69, 9.17) is 4.74 Å². The van der Waals surface area contributed by atoms with E-state index in [1.807, 2.05) is 49.4 Å². The number of benzene rings is 3. The van der Waals surface area contributed by atoms with Gasteiger partial charge >= 0.3 is 21.6 Å². The van der Waals surface area contributed by atoms with E-state index in [2.05, 4.69) is 13.8 Å². The number of aryl methyl sites for hydroxylation is 1. The number of esters is 1. The first-order valence-electron chi connectivity index (χ1n) is 12.2. The van der Waals surface area contributed by atoms with E-state index in [1.165, 1.54) is 26.2 Å². The van der Waals surface area contributed by atoms with Gasteiger partial charge in [0.05, 0.1) is 19.8 Å². The molecule has 0 aliphatic carbocycles. The van der Waals surface area contributed by atoms with Crippen molar-refractivity contribution in [2.24, 2.45) is 0 Å². The molecular formula is C29H28F3NO6S. The van der Waals surface area contributed by atoms with Gasteiger partial charge < -0.3 is 18.6 Å². The molecule has 1 aliphatic rings. The number of carbonyl (C=O) groups is 1. The van der Waals surface area contributed by atoms with Gasteiger partial charge in [-0.2, -0.15) is 21.6 Å². The fourth-order valence-corrected chi connectivity index (χ4v) is 5.41. The molecule has 0 saturated carbocycles. The molecule has 0 N–H and O–H groups in total. The van der Waals surface area contributed by atoms with Crippen molar-refractivity contribution < 1.29 is 40.0 Å². The smallest absolute Gasteiger partial charge is 0.497 e. The molecule has 3 aromatic carbocycles. The van der Waals surface area contributed by atoms with Crippen LogP contribution in [-0.2, 0) is 31.6 Å². The molecular weight excluding hydrogens is 547 g/mol. The minimum atomic E-state index is -5.80. The summed E-state index contributed by atoms with van der Waals surface area (Å²) in [6, 6.07) is 17.9. The number of anilines is 1. The Morgan fingerprint density at radius 2 is 1.73 bits per heavy atom. The second kappa shape index (κ2) is 10.9. The van der Waals surface area contributed by atoms with Crippen molar-refractivity contribution in [3.05, 3.63) is 94.6 Å². The first-order valence-corrected chi connectivity index (χ1v) is 13.6. The van der Waals surface area contributed by atoms with Crippen molar-refractivity contribution in [1.82, 2.24) is 0 Å². The topological polar surface area (TPSA) is 82.1 Å². The van der Waals surface area contributed by atoms with Gasteiger partial charge in [-0.1, -0.05) is 30.3 Å². The Hall–Kier alpha value is -3.99. The zero-order valence-corrected chi connectivity index (χ0v) is 23.1. The second-order valence-electron chi connectivity index (χ2n) is 9.41. The Labute approximate surface area is 230 Å². The molecule has 40 heavy (non-hydrogen) atoms. The third-order valence-electron chi connectivity index (χ3n) is 7.02. The van der Waals surface area contributed by atoms with Gasteiger partial charge in [-0.15, -0.1) is 0 Å². The van der Waals surface area contributed by atoms with Gasteiger partial charge in [0.25, 0.3) is 0 Å². The maximum Gasteiger partial charge on any atom is 0.534 e. The third-order valence-corrected chi connectivity index (χ3v) is 7.99. The Morgan fingerprint density at radius 1 is 1.02 bits per heavy atom. The Morgan fingerprint density at radius 3 is 2.33 bits per heavy atom. The number of rotatable bonds is 7. The fourth-order valence-electron chi connectivity index (χ4n) is 4.89. The number of ether oxygens (including phenoxy) is 2. The van der Waals surface area contributed by atoms with Crippen molar-refractivity contribution in [3.8, 4) is 11.5 Å². The SMILES string of the molecule is COC(=O)C=Cc1ccc(C2(C)c3ccc(OC)cc3CCN2c2ccc(OS(=O)(=O)C(F)(F)F)c(C)c2)cc1. The summed E-state index contributed by atoms with van der Waals surface area (Å²) in [7, 11) is -2.90. The lowest BCUT2D eigenvalue weighted by molar-refractivity contribution is -0.134. The molecule has 0 saturated heterocycles. The lowest BCUT2D eigenvalue weighted by Gasteiger charge is -2.48. The summed E-state index contributed by atoms with van der Waals surface area (Å²) in [4.78, 5) is 13.6. The maximum absolute atomic E-state index is 12.9. The highest BCUT2D eigenvalue weighted by molar-refractivity contribution is 7.88. The van der Waals surface area contributed by atoms with Crippen LogP contribution in [0, 0.1) is 6.92 Å². The molecule has 0 radical (unpaired) electrons. The van der Waals surface area contributed by atoms with Crippen molar-refractivity contribution in [2.45, 2.75) is 31.3 Å². The van der Waals surface area contributed by atoms with Crippen molar-refractivity contribution in [1.29, 1.82) is 0 Å². The second-order valence-corrected chi connectivity index (χ2v) is 10.9. The van der Waals surface area contributed by atoms with Gasteiger partial charge in [0.2, 0.25) is 0 Å². The molecule has 11 heteroatoms. The van der Waals surface area contributed by atoms with E-state index in [0.29, 0.717) is 18.7 Å². The summed E-state index contributed by atoms with van der Waals surface area (Å²) in [5, 5.41) is 0. The summed E-state index contributed by atoms with van der Waals surface area (Å²) in [6.07, 6.45) is 3.64. The van der Waals surface area contributed by atoms with Gasteiger partial charge in [-0.3, -0.25) is 0 Å². The number of halogens is 3. The molecule has 212 valence electrons. The van der Waals surface area contributed by atoms with E-state index in [0.717, 1.165) is 28.0 Å². The Balaban J connectivity index is 1.78. The highest BCUT2D eigenvalue weighted by Gasteiger charge is 2.49. The normalized spacial score (nSPS) is 17.4. The molecule has 0 bridgehead atoms. The summed E-state index contributed by atoms with van der Waals surface area (Å²) in [5.74, 6) is -0.143. The third kappa shape index (κ3) is 5.51. The highest BCUT2D eigenvalue weighted by Crippen LogP contribution is 2.45. The van der Waals surface area contributed by atoms with Crippen LogP contribution in [0.5, 0.6) is 11.5 Å². The zero-order valence-electron chi connectivity index (χ0n) is 22.3. The molecule has 1 atom stereocenters. The molecule has 0 fully saturated rings. The van der Waals surface area contributed by atoms with Crippen LogP contribution in [0.3, 0.4) is 0 Å². The first kappa shape index (κ1) is 29.0. The molecule has 0 spiro atoms. The summed E-state index contributed by atoms with van der Waals surface area (Å²) in [6.45, 7) is 4.10. The van der Waals surface area contributed by atoms with Crippen LogP contribution >= 0.6 is 0 Å². The number of fused-ring (bicyclic) bond motifs is 1. The van der Waals surface area contributed by atoms with Gasteiger partial charge in [0.15, 0.2) is 0 Å². The van der Waals surface area contributed by atoms with Crippen LogP contribution < -0.4 is 13.8 Å². The number of hydrogen-bond acceptors (Lipinski definition) is 7.